The van der Waals surface area contributed by atoms with Crippen LogP contribution in [0.2, 0.25) is 0 Å². The molecule has 2 aliphatic heterocycles. The van der Waals surface area contributed by atoms with Crippen LogP contribution in [0, 0.1) is 5.92 Å². The number of piperidine rings is 1. The number of likely N-dealkylation sites (tertiary alicyclic amines) is 1. The predicted molar refractivity (Wildman–Crippen MR) is 75.2 cm³/mol. The lowest BCUT2D eigenvalue weighted by Crippen LogP contribution is -2.45. The SMILES string of the molecule is CC(=O)NCC1CCN(C(=O)CC2CNCCO2)CC1. The molecular formula is C14H25N3O3. The van der Waals surface area contributed by atoms with Gasteiger partial charge in [0.05, 0.1) is 19.1 Å². The smallest absolute Gasteiger partial charge is 0.225 e. The van der Waals surface area contributed by atoms with Gasteiger partial charge in [0, 0.05) is 39.6 Å². The summed E-state index contributed by atoms with van der Waals surface area (Å²) in [6.45, 7) is 6.19. The molecule has 2 aliphatic rings. The number of hydrogen-bond acceptors (Lipinski definition) is 4. The Bertz CT molecular complexity index is 335. The third-order valence-corrected chi connectivity index (χ3v) is 4.01. The van der Waals surface area contributed by atoms with Gasteiger partial charge in [0.25, 0.3) is 0 Å². The van der Waals surface area contributed by atoms with Crippen molar-refractivity contribution in [2.75, 3.05) is 39.3 Å². The number of nitrogens with zero attached hydrogens (tertiary/aromatic N) is 1. The first-order valence-corrected chi connectivity index (χ1v) is 7.49. The lowest BCUT2D eigenvalue weighted by atomic mass is 9.96. The molecule has 0 saturated carbocycles. The number of carbonyl (C=O) groups is 2. The van der Waals surface area contributed by atoms with E-state index >= 15 is 0 Å². The van der Waals surface area contributed by atoms with Gasteiger partial charge in [-0.05, 0) is 18.8 Å². The van der Waals surface area contributed by atoms with Crippen LogP contribution in [-0.4, -0.2) is 62.1 Å². The first-order valence-electron chi connectivity index (χ1n) is 7.49. The summed E-state index contributed by atoms with van der Waals surface area (Å²) in [6.07, 6.45) is 2.43. The maximum Gasteiger partial charge on any atom is 0.225 e. The molecule has 0 aliphatic carbocycles. The average Bonchev–Trinajstić information content (AvgIpc) is 2.46. The summed E-state index contributed by atoms with van der Waals surface area (Å²) in [5, 5.41) is 6.10. The van der Waals surface area contributed by atoms with Crippen LogP contribution in [0.4, 0.5) is 0 Å². The second kappa shape index (κ2) is 7.59. The number of nitrogens with one attached hydrogen (secondary N) is 2. The van der Waals surface area contributed by atoms with E-state index in [-0.39, 0.29) is 17.9 Å². The molecule has 2 fully saturated rings. The normalized spacial score (nSPS) is 24.4. The second-order valence-electron chi connectivity index (χ2n) is 5.66. The molecule has 0 aromatic heterocycles. The van der Waals surface area contributed by atoms with Crippen molar-refractivity contribution in [3.8, 4) is 0 Å². The minimum Gasteiger partial charge on any atom is -0.375 e. The summed E-state index contributed by atoms with van der Waals surface area (Å²) >= 11 is 0. The molecule has 0 aromatic carbocycles. The summed E-state index contributed by atoms with van der Waals surface area (Å²) in [4.78, 5) is 25.0. The Morgan fingerprint density at radius 2 is 2.10 bits per heavy atom. The first kappa shape index (κ1) is 15.3. The van der Waals surface area contributed by atoms with Crippen LogP contribution in [0.5, 0.6) is 0 Å². The Hall–Kier alpha value is -1.14. The van der Waals surface area contributed by atoms with Gasteiger partial charge in [-0.15, -0.1) is 0 Å². The molecule has 2 saturated heterocycles. The molecule has 2 N–H and O–H groups in total. The van der Waals surface area contributed by atoms with E-state index in [0.717, 1.165) is 45.6 Å². The molecule has 6 nitrogen and oxygen atoms in total. The topological polar surface area (TPSA) is 70.7 Å². The Morgan fingerprint density at radius 1 is 1.35 bits per heavy atom. The molecule has 0 aromatic rings. The fourth-order valence-electron chi connectivity index (χ4n) is 2.75. The van der Waals surface area contributed by atoms with E-state index in [9.17, 15) is 9.59 Å². The fraction of sp³-hybridized carbons (Fsp3) is 0.857. The van der Waals surface area contributed by atoms with Crippen LogP contribution >= 0.6 is 0 Å². The van der Waals surface area contributed by atoms with Crippen molar-refractivity contribution in [3.05, 3.63) is 0 Å². The molecule has 2 rings (SSSR count). The average molecular weight is 283 g/mol. The van der Waals surface area contributed by atoms with Crippen LogP contribution in [-0.2, 0) is 14.3 Å². The Labute approximate surface area is 120 Å². The largest absolute Gasteiger partial charge is 0.375 e. The summed E-state index contributed by atoms with van der Waals surface area (Å²) in [5.41, 5.74) is 0. The van der Waals surface area contributed by atoms with E-state index in [1.165, 1.54) is 6.92 Å². The number of morpholine rings is 1. The first-order chi connectivity index (χ1) is 9.65. The highest BCUT2D eigenvalue weighted by Gasteiger charge is 2.25. The molecule has 114 valence electrons. The van der Waals surface area contributed by atoms with Gasteiger partial charge in [0.15, 0.2) is 0 Å². The minimum atomic E-state index is 0.0189. The van der Waals surface area contributed by atoms with Crippen molar-refractivity contribution in [1.29, 1.82) is 0 Å². The monoisotopic (exact) mass is 283 g/mol. The Balaban J connectivity index is 1.67. The quantitative estimate of drug-likeness (QED) is 0.746. The second-order valence-corrected chi connectivity index (χ2v) is 5.66. The van der Waals surface area contributed by atoms with Gasteiger partial charge in [-0.1, -0.05) is 0 Å². The van der Waals surface area contributed by atoms with Gasteiger partial charge in [-0.3, -0.25) is 9.59 Å². The van der Waals surface area contributed by atoms with Gasteiger partial charge < -0.3 is 20.3 Å². The zero-order valence-electron chi connectivity index (χ0n) is 12.2. The maximum atomic E-state index is 12.2. The molecule has 2 amide bonds. The van der Waals surface area contributed by atoms with E-state index < -0.39 is 0 Å². The predicted octanol–water partition coefficient (Wildman–Crippen LogP) is -0.260. The summed E-state index contributed by atoms with van der Waals surface area (Å²) in [6, 6.07) is 0. The lowest BCUT2D eigenvalue weighted by molar-refractivity contribution is -0.136. The Morgan fingerprint density at radius 3 is 2.70 bits per heavy atom. The molecule has 0 spiro atoms. The number of amides is 2. The molecular weight excluding hydrogens is 258 g/mol. The molecule has 2 heterocycles. The van der Waals surface area contributed by atoms with Gasteiger partial charge >= 0.3 is 0 Å². The van der Waals surface area contributed by atoms with Crippen molar-refractivity contribution < 1.29 is 14.3 Å². The molecule has 0 radical (unpaired) electrons. The molecule has 0 bridgehead atoms. The minimum absolute atomic E-state index is 0.0189. The van der Waals surface area contributed by atoms with Crippen molar-refractivity contribution in [1.82, 2.24) is 15.5 Å². The van der Waals surface area contributed by atoms with Gasteiger partial charge in [0.2, 0.25) is 11.8 Å². The van der Waals surface area contributed by atoms with Crippen LogP contribution in [0.1, 0.15) is 26.2 Å². The van der Waals surface area contributed by atoms with Gasteiger partial charge in [0.1, 0.15) is 0 Å². The highest BCUT2D eigenvalue weighted by atomic mass is 16.5. The maximum absolute atomic E-state index is 12.2. The molecule has 1 unspecified atom stereocenters. The third-order valence-electron chi connectivity index (χ3n) is 4.01. The van der Waals surface area contributed by atoms with E-state index in [0.29, 0.717) is 18.9 Å². The van der Waals surface area contributed by atoms with Crippen molar-refractivity contribution >= 4 is 11.8 Å². The van der Waals surface area contributed by atoms with E-state index in [1.807, 2.05) is 4.90 Å². The molecule has 6 heteroatoms. The van der Waals surface area contributed by atoms with Gasteiger partial charge in [-0.25, -0.2) is 0 Å². The zero-order valence-corrected chi connectivity index (χ0v) is 12.2. The van der Waals surface area contributed by atoms with E-state index in [4.69, 9.17) is 4.74 Å². The standard InChI is InChI=1S/C14H25N3O3/c1-11(18)16-9-12-2-5-17(6-3-12)14(19)8-13-10-15-4-7-20-13/h12-13,15H,2-10H2,1H3,(H,16,18). The molecule has 20 heavy (non-hydrogen) atoms. The van der Waals surface area contributed by atoms with Crippen molar-refractivity contribution in [3.63, 3.8) is 0 Å². The number of carbonyl (C=O) groups excluding carboxylic acids is 2. The highest BCUT2D eigenvalue weighted by Crippen LogP contribution is 2.18. The van der Waals surface area contributed by atoms with E-state index in [2.05, 4.69) is 10.6 Å². The summed E-state index contributed by atoms with van der Waals surface area (Å²) in [5.74, 6) is 0.706. The third kappa shape index (κ3) is 4.76. The zero-order chi connectivity index (χ0) is 14.4. The van der Waals surface area contributed by atoms with Crippen molar-refractivity contribution in [2.24, 2.45) is 5.92 Å². The summed E-state index contributed by atoms with van der Waals surface area (Å²) in [7, 11) is 0. The van der Waals surface area contributed by atoms with Crippen molar-refractivity contribution in [2.45, 2.75) is 32.3 Å². The van der Waals surface area contributed by atoms with Crippen LogP contribution in [0.15, 0.2) is 0 Å². The lowest BCUT2D eigenvalue weighted by Gasteiger charge is -2.33. The highest BCUT2D eigenvalue weighted by molar-refractivity contribution is 5.76. The number of rotatable bonds is 4. The Kier molecular flexibility index (Phi) is 5.79. The van der Waals surface area contributed by atoms with Crippen LogP contribution < -0.4 is 10.6 Å². The van der Waals surface area contributed by atoms with Crippen LogP contribution in [0.3, 0.4) is 0 Å². The van der Waals surface area contributed by atoms with Crippen LogP contribution in [0.25, 0.3) is 0 Å². The fourth-order valence-corrected chi connectivity index (χ4v) is 2.75. The van der Waals surface area contributed by atoms with E-state index in [1.54, 1.807) is 0 Å². The summed E-state index contributed by atoms with van der Waals surface area (Å²) < 4.78 is 5.57. The number of hydrogen-bond donors (Lipinski definition) is 2. The number of ether oxygens (including phenoxy) is 1. The molecule has 1 atom stereocenters. The van der Waals surface area contributed by atoms with Gasteiger partial charge in [-0.2, -0.15) is 0 Å².